The van der Waals surface area contributed by atoms with Crippen molar-refractivity contribution < 1.29 is 4.79 Å². The van der Waals surface area contributed by atoms with Gasteiger partial charge in [-0.3, -0.25) is 4.79 Å². The summed E-state index contributed by atoms with van der Waals surface area (Å²) in [4.78, 5) is 12.1. The zero-order valence-corrected chi connectivity index (χ0v) is 12.6. The Morgan fingerprint density at radius 3 is 2.10 bits per heavy atom. The van der Waals surface area contributed by atoms with E-state index < -0.39 is 0 Å². The van der Waals surface area contributed by atoms with E-state index in [1.165, 1.54) is 5.56 Å². The van der Waals surface area contributed by atoms with Crippen LogP contribution in [0.1, 0.15) is 46.8 Å². The number of rotatable bonds is 5. The van der Waals surface area contributed by atoms with Gasteiger partial charge in [0.25, 0.3) is 5.91 Å². The summed E-state index contributed by atoms with van der Waals surface area (Å²) >= 11 is 0. The fourth-order valence-corrected chi connectivity index (χ4v) is 2.10. The van der Waals surface area contributed by atoms with Crippen molar-refractivity contribution in [1.29, 1.82) is 0 Å². The molecule has 0 aromatic heterocycles. The largest absolute Gasteiger partial charge is 0.348 e. The minimum absolute atomic E-state index is 0.0480. The Labute approximate surface area is 126 Å². The van der Waals surface area contributed by atoms with Crippen LogP contribution in [0.2, 0.25) is 0 Å². The molecule has 110 valence electrons. The molecule has 0 aliphatic rings. The SMILES string of the molecule is CC(C)c1ccc(C(=O)NCc2ccc(CN)cc2)cc1. The average Bonchev–Trinajstić information content (AvgIpc) is 2.53. The van der Waals surface area contributed by atoms with E-state index in [-0.39, 0.29) is 5.91 Å². The van der Waals surface area contributed by atoms with Crippen LogP contribution in [-0.2, 0) is 13.1 Å². The van der Waals surface area contributed by atoms with E-state index in [1.54, 1.807) is 0 Å². The lowest BCUT2D eigenvalue weighted by atomic mass is 10.0. The Bertz CT molecular complexity index is 586. The minimum atomic E-state index is -0.0480. The third-order valence-electron chi connectivity index (χ3n) is 3.55. The molecule has 2 rings (SSSR count). The molecule has 3 nitrogen and oxygen atoms in total. The lowest BCUT2D eigenvalue weighted by Crippen LogP contribution is -2.22. The first-order valence-electron chi connectivity index (χ1n) is 7.26. The fraction of sp³-hybridized carbons (Fsp3) is 0.278. The van der Waals surface area contributed by atoms with Crippen molar-refractivity contribution in [2.45, 2.75) is 32.9 Å². The highest BCUT2D eigenvalue weighted by Crippen LogP contribution is 2.14. The maximum Gasteiger partial charge on any atom is 0.251 e. The Morgan fingerprint density at radius 1 is 1.00 bits per heavy atom. The van der Waals surface area contributed by atoms with Crippen molar-refractivity contribution in [2.24, 2.45) is 5.73 Å². The minimum Gasteiger partial charge on any atom is -0.348 e. The van der Waals surface area contributed by atoms with Crippen LogP contribution in [0.25, 0.3) is 0 Å². The molecule has 1 amide bonds. The second-order valence-corrected chi connectivity index (χ2v) is 5.48. The summed E-state index contributed by atoms with van der Waals surface area (Å²) in [6.45, 7) is 5.34. The standard InChI is InChI=1S/C18H22N2O/c1-13(2)16-7-9-17(10-8-16)18(21)20-12-15-5-3-14(11-19)4-6-15/h3-10,13H,11-12,19H2,1-2H3,(H,20,21). The van der Waals surface area contributed by atoms with Gasteiger partial charge in [-0.15, -0.1) is 0 Å². The van der Waals surface area contributed by atoms with Gasteiger partial charge in [0.15, 0.2) is 0 Å². The van der Waals surface area contributed by atoms with Crippen molar-refractivity contribution in [3.05, 3.63) is 70.8 Å². The summed E-state index contributed by atoms with van der Waals surface area (Å²) in [5, 5.41) is 2.93. The molecule has 0 radical (unpaired) electrons. The Hall–Kier alpha value is -2.13. The molecule has 0 aliphatic carbocycles. The molecule has 21 heavy (non-hydrogen) atoms. The molecular formula is C18H22N2O. The van der Waals surface area contributed by atoms with Crippen LogP contribution in [-0.4, -0.2) is 5.91 Å². The van der Waals surface area contributed by atoms with Crippen LogP contribution in [0.5, 0.6) is 0 Å². The Kier molecular flexibility index (Phi) is 5.12. The smallest absolute Gasteiger partial charge is 0.251 e. The van der Waals surface area contributed by atoms with Gasteiger partial charge in [0, 0.05) is 18.7 Å². The summed E-state index contributed by atoms with van der Waals surface area (Å²) in [7, 11) is 0. The van der Waals surface area contributed by atoms with E-state index in [2.05, 4.69) is 19.2 Å². The number of hydrogen-bond donors (Lipinski definition) is 2. The summed E-state index contributed by atoms with van der Waals surface area (Å²) in [5.74, 6) is 0.427. The van der Waals surface area contributed by atoms with Gasteiger partial charge in [-0.25, -0.2) is 0 Å². The first-order chi connectivity index (χ1) is 10.1. The van der Waals surface area contributed by atoms with E-state index >= 15 is 0 Å². The van der Waals surface area contributed by atoms with Crippen molar-refractivity contribution in [3.8, 4) is 0 Å². The maximum atomic E-state index is 12.1. The van der Waals surface area contributed by atoms with Crippen LogP contribution in [0, 0.1) is 0 Å². The molecule has 0 atom stereocenters. The van der Waals surface area contributed by atoms with Gasteiger partial charge in [0.2, 0.25) is 0 Å². The lowest BCUT2D eigenvalue weighted by Gasteiger charge is -2.08. The van der Waals surface area contributed by atoms with Crippen LogP contribution >= 0.6 is 0 Å². The van der Waals surface area contributed by atoms with Crippen LogP contribution in [0.15, 0.2) is 48.5 Å². The highest BCUT2D eigenvalue weighted by atomic mass is 16.1. The van der Waals surface area contributed by atoms with Crippen LogP contribution in [0.4, 0.5) is 0 Å². The van der Waals surface area contributed by atoms with Gasteiger partial charge in [0.05, 0.1) is 0 Å². The zero-order valence-electron chi connectivity index (χ0n) is 12.6. The van der Waals surface area contributed by atoms with E-state index in [0.717, 1.165) is 11.1 Å². The fourth-order valence-electron chi connectivity index (χ4n) is 2.10. The molecule has 0 aliphatic heterocycles. The van der Waals surface area contributed by atoms with Crippen molar-refractivity contribution >= 4 is 5.91 Å². The van der Waals surface area contributed by atoms with E-state index in [1.807, 2.05) is 48.5 Å². The Morgan fingerprint density at radius 2 is 1.57 bits per heavy atom. The van der Waals surface area contributed by atoms with Gasteiger partial charge in [0.1, 0.15) is 0 Å². The van der Waals surface area contributed by atoms with Gasteiger partial charge in [-0.05, 0) is 34.7 Å². The molecule has 0 unspecified atom stereocenters. The number of nitrogens with one attached hydrogen (secondary N) is 1. The van der Waals surface area contributed by atoms with Crippen LogP contribution in [0.3, 0.4) is 0 Å². The third-order valence-corrected chi connectivity index (χ3v) is 3.55. The van der Waals surface area contributed by atoms with E-state index in [9.17, 15) is 4.79 Å². The molecule has 3 heteroatoms. The molecule has 0 saturated heterocycles. The van der Waals surface area contributed by atoms with Gasteiger partial charge in [-0.1, -0.05) is 50.2 Å². The molecular weight excluding hydrogens is 260 g/mol. The van der Waals surface area contributed by atoms with Gasteiger partial charge >= 0.3 is 0 Å². The van der Waals surface area contributed by atoms with Crippen molar-refractivity contribution in [1.82, 2.24) is 5.32 Å². The summed E-state index contributed by atoms with van der Waals surface area (Å²) in [6.07, 6.45) is 0. The molecule has 0 spiro atoms. The monoisotopic (exact) mass is 282 g/mol. The number of nitrogens with two attached hydrogens (primary N) is 1. The second-order valence-electron chi connectivity index (χ2n) is 5.48. The molecule has 0 fully saturated rings. The molecule has 2 aromatic rings. The first-order valence-corrected chi connectivity index (χ1v) is 7.26. The molecule has 0 bridgehead atoms. The van der Waals surface area contributed by atoms with E-state index in [0.29, 0.717) is 24.6 Å². The molecule has 0 heterocycles. The summed E-state index contributed by atoms with van der Waals surface area (Å²) in [6, 6.07) is 15.7. The molecule has 0 saturated carbocycles. The van der Waals surface area contributed by atoms with Crippen molar-refractivity contribution in [2.75, 3.05) is 0 Å². The highest BCUT2D eigenvalue weighted by Gasteiger charge is 2.06. The zero-order chi connectivity index (χ0) is 15.2. The number of amides is 1. The molecule has 3 N–H and O–H groups in total. The van der Waals surface area contributed by atoms with Gasteiger partial charge < -0.3 is 11.1 Å². The number of benzene rings is 2. The summed E-state index contributed by atoms with van der Waals surface area (Å²) < 4.78 is 0. The number of carbonyl (C=O) groups is 1. The first kappa shape index (κ1) is 15.3. The lowest BCUT2D eigenvalue weighted by molar-refractivity contribution is 0.0951. The highest BCUT2D eigenvalue weighted by molar-refractivity contribution is 5.94. The topological polar surface area (TPSA) is 55.1 Å². The quantitative estimate of drug-likeness (QED) is 0.885. The number of hydrogen-bond acceptors (Lipinski definition) is 2. The van der Waals surface area contributed by atoms with Crippen molar-refractivity contribution in [3.63, 3.8) is 0 Å². The predicted octanol–water partition coefficient (Wildman–Crippen LogP) is 3.20. The second kappa shape index (κ2) is 7.04. The van der Waals surface area contributed by atoms with Crippen LogP contribution < -0.4 is 11.1 Å². The maximum absolute atomic E-state index is 12.1. The van der Waals surface area contributed by atoms with Gasteiger partial charge in [-0.2, -0.15) is 0 Å². The average molecular weight is 282 g/mol. The Balaban J connectivity index is 1.94. The van der Waals surface area contributed by atoms with E-state index in [4.69, 9.17) is 5.73 Å². The summed E-state index contributed by atoms with van der Waals surface area (Å²) in [5.41, 5.74) is 9.65. The number of carbonyl (C=O) groups excluding carboxylic acids is 1. The molecule has 2 aromatic carbocycles. The normalized spacial score (nSPS) is 10.7. The predicted molar refractivity (Wildman–Crippen MR) is 86.0 cm³/mol. The third kappa shape index (κ3) is 4.17.